The standard InChI is InChI=1S/C15H14INO2/c1-10-7-11(15(18)14(16)8-10)9-17-12-3-5-13(19-2)6-4-12/h3-9,18H,1-2H3/b17-9+. The maximum atomic E-state index is 9.96. The summed E-state index contributed by atoms with van der Waals surface area (Å²) >= 11 is 2.11. The molecule has 0 aromatic heterocycles. The number of aliphatic imine (C=N–C) groups is 1. The first-order valence-electron chi connectivity index (χ1n) is 5.77. The highest BCUT2D eigenvalue weighted by atomic mass is 127. The highest BCUT2D eigenvalue weighted by Crippen LogP contribution is 2.25. The number of benzene rings is 2. The highest BCUT2D eigenvalue weighted by Gasteiger charge is 2.04. The molecular formula is C15H14INO2. The quantitative estimate of drug-likeness (QED) is 0.657. The van der Waals surface area contributed by atoms with E-state index in [0.29, 0.717) is 0 Å². The molecule has 2 aromatic rings. The Kier molecular flexibility index (Phi) is 4.42. The van der Waals surface area contributed by atoms with E-state index in [1.807, 2.05) is 43.3 Å². The third-order valence-corrected chi connectivity index (χ3v) is 3.48. The second kappa shape index (κ2) is 6.06. The molecule has 0 saturated carbocycles. The normalized spacial score (nSPS) is 10.9. The minimum absolute atomic E-state index is 0.267. The Hall–Kier alpha value is -1.56. The van der Waals surface area contributed by atoms with Gasteiger partial charge >= 0.3 is 0 Å². The lowest BCUT2D eigenvalue weighted by Gasteiger charge is -2.04. The zero-order valence-corrected chi connectivity index (χ0v) is 12.9. The minimum Gasteiger partial charge on any atom is -0.506 e. The van der Waals surface area contributed by atoms with E-state index in [0.717, 1.165) is 26.1 Å². The predicted molar refractivity (Wildman–Crippen MR) is 85.8 cm³/mol. The molecule has 0 aliphatic carbocycles. The van der Waals surface area contributed by atoms with Crippen LogP contribution in [-0.2, 0) is 0 Å². The summed E-state index contributed by atoms with van der Waals surface area (Å²) in [5, 5.41) is 9.96. The van der Waals surface area contributed by atoms with Gasteiger partial charge in [0.25, 0.3) is 0 Å². The number of hydrogen-bond donors (Lipinski definition) is 1. The number of hydrogen-bond acceptors (Lipinski definition) is 3. The van der Waals surface area contributed by atoms with Crippen molar-refractivity contribution in [2.45, 2.75) is 6.92 Å². The largest absolute Gasteiger partial charge is 0.506 e. The van der Waals surface area contributed by atoms with Crippen LogP contribution < -0.4 is 4.74 Å². The Bertz CT molecular complexity index is 606. The lowest BCUT2D eigenvalue weighted by molar-refractivity contribution is 0.415. The summed E-state index contributed by atoms with van der Waals surface area (Å²) in [5.41, 5.74) is 2.63. The van der Waals surface area contributed by atoms with Crippen molar-refractivity contribution in [1.82, 2.24) is 0 Å². The van der Waals surface area contributed by atoms with Crippen molar-refractivity contribution in [3.63, 3.8) is 0 Å². The number of aromatic hydroxyl groups is 1. The second-order valence-corrected chi connectivity index (χ2v) is 5.30. The number of ether oxygens (including phenoxy) is 1. The SMILES string of the molecule is COc1ccc(/N=C/c2cc(C)cc(I)c2O)cc1. The first kappa shape index (κ1) is 13.9. The van der Waals surface area contributed by atoms with Gasteiger partial charge in [-0.15, -0.1) is 0 Å². The summed E-state index contributed by atoms with van der Waals surface area (Å²) in [6.07, 6.45) is 1.67. The summed E-state index contributed by atoms with van der Waals surface area (Å²) in [6, 6.07) is 11.3. The molecule has 3 nitrogen and oxygen atoms in total. The summed E-state index contributed by atoms with van der Waals surface area (Å²) in [4.78, 5) is 4.35. The number of rotatable bonds is 3. The fourth-order valence-corrected chi connectivity index (χ4v) is 2.47. The van der Waals surface area contributed by atoms with Crippen LogP contribution in [0.2, 0.25) is 0 Å². The maximum Gasteiger partial charge on any atom is 0.137 e. The summed E-state index contributed by atoms with van der Waals surface area (Å²) in [5.74, 6) is 1.07. The molecule has 0 spiro atoms. The summed E-state index contributed by atoms with van der Waals surface area (Å²) in [6.45, 7) is 1.99. The lowest BCUT2D eigenvalue weighted by atomic mass is 10.1. The van der Waals surface area contributed by atoms with Crippen molar-refractivity contribution >= 4 is 34.5 Å². The topological polar surface area (TPSA) is 41.8 Å². The van der Waals surface area contributed by atoms with E-state index in [9.17, 15) is 5.11 Å². The van der Waals surface area contributed by atoms with Gasteiger partial charge in [-0.25, -0.2) is 0 Å². The minimum atomic E-state index is 0.267. The monoisotopic (exact) mass is 367 g/mol. The molecule has 2 aromatic carbocycles. The number of halogens is 1. The third kappa shape index (κ3) is 3.47. The molecule has 0 bridgehead atoms. The zero-order valence-electron chi connectivity index (χ0n) is 10.7. The molecule has 98 valence electrons. The molecule has 0 aliphatic heterocycles. The van der Waals surface area contributed by atoms with E-state index in [1.54, 1.807) is 13.3 Å². The summed E-state index contributed by atoms with van der Waals surface area (Å²) < 4.78 is 5.92. The molecule has 0 saturated heterocycles. The van der Waals surface area contributed by atoms with E-state index in [1.165, 1.54) is 0 Å². The lowest BCUT2D eigenvalue weighted by Crippen LogP contribution is -1.87. The van der Waals surface area contributed by atoms with E-state index < -0.39 is 0 Å². The molecule has 19 heavy (non-hydrogen) atoms. The zero-order chi connectivity index (χ0) is 13.8. The van der Waals surface area contributed by atoms with Crippen LogP contribution in [-0.4, -0.2) is 18.4 Å². The first-order valence-corrected chi connectivity index (χ1v) is 6.85. The van der Waals surface area contributed by atoms with Crippen LogP contribution in [0.25, 0.3) is 0 Å². The van der Waals surface area contributed by atoms with Crippen LogP contribution in [0, 0.1) is 10.5 Å². The van der Waals surface area contributed by atoms with Gasteiger partial charge in [0.1, 0.15) is 11.5 Å². The number of phenols is 1. The Morgan fingerprint density at radius 3 is 2.53 bits per heavy atom. The molecule has 0 fully saturated rings. The van der Waals surface area contributed by atoms with Crippen molar-refractivity contribution in [3.8, 4) is 11.5 Å². The molecular weight excluding hydrogens is 353 g/mol. The fourth-order valence-electron chi connectivity index (χ4n) is 1.67. The second-order valence-electron chi connectivity index (χ2n) is 4.14. The van der Waals surface area contributed by atoms with E-state index in [2.05, 4.69) is 27.6 Å². The number of phenolic OH excluding ortho intramolecular Hbond substituents is 1. The van der Waals surface area contributed by atoms with Gasteiger partial charge in [0.15, 0.2) is 0 Å². The molecule has 0 amide bonds. The maximum absolute atomic E-state index is 9.96. The molecule has 2 rings (SSSR count). The van der Waals surface area contributed by atoms with Gasteiger partial charge < -0.3 is 9.84 Å². The smallest absolute Gasteiger partial charge is 0.137 e. The molecule has 4 heteroatoms. The molecule has 0 atom stereocenters. The van der Waals surface area contributed by atoms with Crippen molar-refractivity contribution in [2.24, 2.45) is 4.99 Å². The number of methoxy groups -OCH3 is 1. The molecule has 1 N–H and O–H groups in total. The Balaban J connectivity index is 2.27. The van der Waals surface area contributed by atoms with Gasteiger partial charge in [0, 0.05) is 11.8 Å². The van der Waals surface area contributed by atoms with Gasteiger partial charge in [-0.2, -0.15) is 0 Å². The Labute approximate surface area is 126 Å². The molecule has 0 heterocycles. The number of aryl methyl sites for hydroxylation is 1. The van der Waals surface area contributed by atoms with Gasteiger partial charge in [-0.3, -0.25) is 4.99 Å². The fraction of sp³-hybridized carbons (Fsp3) is 0.133. The van der Waals surface area contributed by atoms with E-state index in [-0.39, 0.29) is 5.75 Å². The molecule has 0 unspecified atom stereocenters. The number of nitrogens with zero attached hydrogens (tertiary/aromatic N) is 1. The molecule has 0 radical (unpaired) electrons. The van der Waals surface area contributed by atoms with Crippen molar-refractivity contribution in [2.75, 3.05) is 7.11 Å². The van der Waals surface area contributed by atoms with Gasteiger partial charge in [0.05, 0.1) is 16.4 Å². The van der Waals surface area contributed by atoms with Gasteiger partial charge in [-0.1, -0.05) is 0 Å². The van der Waals surface area contributed by atoms with E-state index in [4.69, 9.17) is 4.74 Å². The van der Waals surface area contributed by atoms with Crippen molar-refractivity contribution in [1.29, 1.82) is 0 Å². The van der Waals surface area contributed by atoms with Crippen LogP contribution in [0.15, 0.2) is 41.4 Å². The third-order valence-electron chi connectivity index (χ3n) is 2.66. The average molecular weight is 367 g/mol. The van der Waals surface area contributed by atoms with Gasteiger partial charge in [0.2, 0.25) is 0 Å². The van der Waals surface area contributed by atoms with Crippen LogP contribution in [0.5, 0.6) is 11.5 Å². The van der Waals surface area contributed by atoms with E-state index >= 15 is 0 Å². The Morgan fingerprint density at radius 2 is 1.89 bits per heavy atom. The van der Waals surface area contributed by atoms with Crippen LogP contribution >= 0.6 is 22.6 Å². The highest BCUT2D eigenvalue weighted by molar-refractivity contribution is 14.1. The summed E-state index contributed by atoms with van der Waals surface area (Å²) in [7, 11) is 1.63. The van der Waals surface area contributed by atoms with Crippen LogP contribution in [0.4, 0.5) is 5.69 Å². The van der Waals surface area contributed by atoms with Crippen molar-refractivity contribution < 1.29 is 9.84 Å². The average Bonchev–Trinajstić information content (AvgIpc) is 2.41. The van der Waals surface area contributed by atoms with Crippen molar-refractivity contribution in [3.05, 3.63) is 51.1 Å². The first-order chi connectivity index (χ1) is 9.10. The van der Waals surface area contributed by atoms with Crippen LogP contribution in [0.3, 0.4) is 0 Å². The predicted octanol–water partition coefficient (Wildman–Crippen LogP) is 4.06. The van der Waals surface area contributed by atoms with Gasteiger partial charge in [-0.05, 0) is 71.5 Å². The Morgan fingerprint density at radius 1 is 1.21 bits per heavy atom. The molecule has 0 aliphatic rings. The van der Waals surface area contributed by atoms with Crippen LogP contribution in [0.1, 0.15) is 11.1 Å².